The van der Waals surface area contributed by atoms with Crippen LogP contribution in [0, 0.1) is 5.92 Å². The van der Waals surface area contributed by atoms with Gasteiger partial charge >= 0.3 is 5.97 Å². The summed E-state index contributed by atoms with van der Waals surface area (Å²) in [6.45, 7) is 3.57. The van der Waals surface area contributed by atoms with E-state index in [0.717, 1.165) is 6.07 Å². The quantitative estimate of drug-likeness (QED) is 0.816. The van der Waals surface area contributed by atoms with Crippen molar-refractivity contribution in [2.24, 2.45) is 5.92 Å². The van der Waals surface area contributed by atoms with Crippen LogP contribution in [-0.2, 0) is 9.53 Å². The number of rotatable bonds is 4. The molecule has 2 aromatic rings. The van der Waals surface area contributed by atoms with Crippen LogP contribution in [0.15, 0.2) is 42.5 Å². The number of hydrogen-bond donors (Lipinski definition) is 2. The molecule has 0 unspecified atom stereocenters. The molecule has 26 heavy (non-hydrogen) atoms. The van der Waals surface area contributed by atoms with Crippen LogP contribution in [0.3, 0.4) is 0 Å². The van der Waals surface area contributed by atoms with Crippen molar-refractivity contribution in [2.45, 2.75) is 32.5 Å². The van der Waals surface area contributed by atoms with Gasteiger partial charge in [0.15, 0.2) is 6.10 Å². The first kappa shape index (κ1) is 17.8. The average Bonchev–Trinajstić information content (AvgIpc) is 2.63. The maximum Gasteiger partial charge on any atom is 0.309 e. The number of Topliss-reactive ketones (excluding diaryl/α,β-unsaturated/α-hetero) is 1. The van der Waals surface area contributed by atoms with Gasteiger partial charge in [-0.05, 0) is 12.0 Å². The largest absolute Gasteiger partial charge is 0.508 e. The number of carbonyl (C=O) groups is 2. The van der Waals surface area contributed by atoms with Gasteiger partial charge in [0.05, 0.1) is 5.92 Å². The molecule has 2 N–H and O–H groups in total. The van der Waals surface area contributed by atoms with Crippen molar-refractivity contribution in [1.82, 2.24) is 0 Å². The summed E-state index contributed by atoms with van der Waals surface area (Å²) in [5, 5.41) is 19.8. The second-order valence-electron chi connectivity index (χ2n) is 6.32. The van der Waals surface area contributed by atoms with Crippen molar-refractivity contribution in [3.8, 4) is 17.2 Å². The molecule has 0 saturated heterocycles. The third-order valence-corrected chi connectivity index (χ3v) is 4.49. The molecule has 6 nitrogen and oxygen atoms in total. The van der Waals surface area contributed by atoms with E-state index >= 15 is 0 Å². The van der Waals surface area contributed by atoms with Crippen molar-refractivity contribution in [3.05, 3.63) is 53.6 Å². The van der Waals surface area contributed by atoms with Crippen molar-refractivity contribution in [2.75, 3.05) is 0 Å². The smallest absolute Gasteiger partial charge is 0.309 e. The number of benzene rings is 2. The fourth-order valence-electron chi connectivity index (χ4n) is 2.81. The molecule has 0 saturated carbocycles. The normalized spacial score (nSPS) is 20.0. The SMILES string of the molecule is CC[C@H](C)C(=O)O[C@H]1C(=O)c2c(O)cc(O)cc2O[C@@H]1c1ccccc1. The number of esters is 1. The number of ketones is 1. The first-order valence-corrected chi connectivity index (χ1v) is 8.44. The summed E-state index contributed by atoms with van der Waals surface area (Å²) in [7, 11) is 0. The lowest BCUT2D eigenvalue weighted by molar-refractivity contribution is -0.156. The van der Waals surface area contributed by atoms with Crippen molar-refractivity contribution < 1.29 is 29.3 Å². The number of aromatic hydroxyl groups is 2. The highest BCUT2D eigenvalue weighted by Crippen LogP contribution is 2.42. The summed E-state index contributed by atoms with van der Waals surface area (Å²) in [5.74, 6) is -2.02. The van der Waals surface area contributed by atoms with Crippen LogP contribution in [0.25, 0.3) is 0 Å². The fourth-order valence-corrected chi connectivity index (χ4v) is 2.81. The van der Waals surface area contributed by atoms with Gasteiger partial charge in [-0.3, -0.25) is 9.59 Å². The van der Waals surface area contributed by atoms with Crippen LogP contribution >= 0.6 is 0 Å². The Kier molecular flexibility index (Phi) is 4.84. The maximum atomic E-state index is 13.0. The van der Waals surface area contributed by atoms with Gasteiger partial charge in [0.1, 0.15) is 22.8 Å². The van der Waals surface area contributed by atoms with E-state index in [-0.39, 0.29) is 23.0 Å². The Bertz CT molecular complexity index is 830. The van der Waals surface area contributed by atoms with Gasteiger partial charge in [-0.1, -0.05) is 44.2 Å². The standard InChI is InChI=1S/C20H20O6/c1-3-11(2)20(24)26-19-17(23)16-14(22)9-13(21)10-15(16)25-18(19)12-7-5-4-6-8-12/h4-11,18-19,21-22H,3H2,1-2H3/t11-,18+,19-/m0/s1. The van der Waals surface area contributed by atoms with E-state index in [1.807, 2.05) is 13.0 Å². The van der Waals surface area contributed by atoms with Gasteiger partial charge in [0, 0.05) is 12.1 Å². The predicted molar refractivity (Wildman–Crippen MR) is 93.2 cm³/mol. The van der Waals surface area contributed by atoms with Gasteiger partial charge in [0.25, 0.3) is 0 Å². The van der Waals surface area contributed by atoms with Crippen LogP contribution in [0.5, 0.6) is 17.2 Å². The van der Waals surface area contributed by atoms with Gasteiger partial charge in [-0.25, -0.2) is 0 Å². The van der Waals surface area contributed by atoms with Crippen LogP contribution in [0.4, 0.5) is 0 Å². The molecule has 1 aliphatic heterocycles. The lowest BCUT2D eigenvalue weighted by atomic mass is 9.92. The molecule has 0 radical (unpaired) electrons. The Morgan fingerprint density at radius 3 is 2.58 bits per heavy atom. The van der Waals surface area contributed by atoms with Crippen molar-refractivity contribution >= 4 is 11.8 Å². The average molecular weight is 356 g/mol. The minimum absolute atomic E-state index is 0.0530. The third kappa shape index (κ3) is 3.22. The topological polar surface area (TPSA) is 93.1 Å². The molecular weight excluding hydrogens is 336 g/mol. The summed E-state index contributed by atoms with van der Waals surface area (Å²) in [6.07, 6.45) is -1.51. The second kappa shape index (κ2) is 7.07. The van der Waals surface area contributed by atoms with Crippen molar-refractivity contribution in [1.29, 1.82) is 0 Å². The third-order valence-electron chi connectivity index (χ3n) is 4.49. The molecule has 3 atom stereocenters. The van der Waals surface area contributed by atoms with E-state index in [1.54, 1.807) is 31.2 Å². The molecule has 136 valence electrons. The highest BCUT2D eigenvalue weighted by Gasteiger charge is 2.43. The summed E-state index contributed by atoms with van der Waals surface area (Å²) < 4.78 is 11.3. The zero-order chi connectivity index (χ0) is 18.8. The Labute approximate surface area is 151 Å². The van der Waals surface area contributed by atoms with E-state index in [2.05, 4.69) is 0 Å². The van der Waals surface area contributed by atoms with Crippen LogP contribution in [-0.4, -0.2) is 28.1 Å². The number of phenols is 2. The lowest BCUT2D eigenvalue weighted by Gasteiger charge is -2.33. The molecule has 0 aromatic heterocycles. The molecule has 0 aliphatic carbocycles. The van der Waals surface area contributed by atoms with Crippen LogP contribution in [0.1, 0.15) is 42.3 Å². The summed E-state index contributed by atoms with van der Waals surface area (Å²) in [4.78, 5) is 25.3. The second-order valence-corrected chi connectivity index (χ2v) is 6.32. The molecular formula is C20H20O6. The monoisotopic (exact) mass is 356 g/mol. The zero-order valence-corrected chi connectivity index (χ0v) is 14.5. The number of carbonyl (C=O) groups excluding carboxylic acids is 2. The van der Waals surface area contributed by atoms with Crippen LogP contribution < -0.4 is 4.74 Å². The minimum Gasteiger partial charge on any atom is -0.508 e. The van der Waals surface area contributed by atoms with Gasteiger partial charge in [-0.2, -0.15) is 0 Å². The van der Waals surface area contributed by atoms with E-state index in [0.29, 0.717) is 12.0 Å². The van der Waals surface area contributed by atoms with E-state index in [4.69, 9.17) is 9.47 Å². The summed E-state index contributed by atoms with van der Waals surface area (Å²) >= 11 is 0. The molecule has 0 spiro atoms. The maximum absolute atomic E-state index is 13.0. The molecule has 3 rings (SSSR count). The number of hydrogen-bond acceptors (Lipinski definition) is 6. The molecule has 0 amide bonds. The lowest BCUT2D eigenvalue weighted by Crippen LogP contribution is -2.40. The number of fused-ring (bicyclic) bond motifs is 1. The van der Waals surface area contributed by atoms with Gasteiger partial charge < -0.3 is 19.7 Å². The van der Waals surface area contributed by atoms with E-state index in [9.17, 15) is 19.8 Å². The Morgan fingerprint density at radius 2 is 1.92 bits per heavy atom. The fraction of sp³-hybridized carbons (Fsp3) is 0.300. The van der Waals surface area contributed by atoms with Crippen molar-refractivity contribution in [3.63, 3.8) is 0 Å². The minimum atomic E-state index is -1.22. The summed E-state index contributed by atoms with van der Waals surface area (Å²) in [6, 6.07) is 11.2. The molecule has 0 bridgehead atoms. The predicted octanol–water partition coefficient (Wildman–Crippen LogP) is 3.37. The molecule has 1 heterocycles. The van der Waals surface area contributed by atoms with Crippen LogP contribution in [0.2, 0.25) is 0 Å². The van der Waals surface area contributed by atoms with Gasteiger partial charge in [-0.15, -0.1) is 0 Å². The Balaban J connectivity index is 2.05. The summed E-state index contributed by atoms with van der Waals surface area (Å²) in [5.41, 5.74) is 0.549. The zero-order valence-electron chi connectivity index (χ0n) is 14.5. The Hall–Kier alpha value is -3.02. The molecule has 2 aromatic carbocycles. The Morgan fingerprint density at radius 1 is 1.23 bits per heavy atom. The first-order chi connectivity index (χ1) is 12.4. The highest BCUT2D eigenvalue weighted by molar-refractivity contribution is 6.06. The molecule has 0 fully saturated rings. The van der Waals surface area contributed by atoms with Gasteiger partial charge in [0.2, 0.25) is 11.9 Å². The van der Waals surface area contributed by atoms with E-state index < -0.39 is 29.7 Å². The molecule has 1 aliphatic rings. The number of ether oxygens (including phenoxy) is 2. The highest BCUT2D eigenvalue weighted by atomic mass is 16.6. The van der Waals surface area contributed by atoms with E-state index in [1.165, 1.54) is 6.07 Å². The first-order valence-electron chi connectivity index (χ1n) is 8.44. The molecule has 6 heteroatoms. The number of phenolic OH excluding ortho intramolecular Hbond substituents is 2.